The molecule has 0 spiro atoms. The molecule has 0 atom stereocenters. The molecule has 0 saturated carbocycles. The molecule has 0 saturated heterocycles. The van der Waals surface area contributed by atoms with E-state index in [2.05, 4.69) is 22.1 Å². The van der Waals surface area contributed by atoms with Gasteiger partial charge in [-0.15, -0.1) is 0 Å². The van der Waals surface area contributed by atoms with Crippen molar-refractivity contribution < 1.29 is 9.90 Å². The lowest BCUT2D eigenvalue weighted by Gasteiger charge is -2.06. The van der Waals surface area contributed by atoms with Crippen molar-refractivity contribution in [3.05, 3.63) is 71.3 Å². The molecule has 0 amide bonds. The van der Waals surface area contributed by atoms with Crippen molar-refractivity contribution in [3.63, 3.8) is 0 Å². The van der Waals surface area contributed by atoms with E-state index >= 15 is 0 Å². The number of aromatic amines is 1. The summed E-state index contributed by atoms with van der Waals surface area (Å²) >= 11 is 0. The molecule has 0 fully saturated rings. The van der Waals surface area contributed by atoms with Crippen LogP contribution in [0.5, 0.6) is 0 Å². The highest BCUT2D eigenvalue weighted by atomic mass is 16.4. The second-order valence-corrected chi connectivity index (χ2v) is 6.57. The number of aromatic carboxylic acids is 1. The lowest BCUT2D eigenvalue weighted by molar-refractivity contribution is 0.0699. The van der Waals surface area contributed by atoms with E-state index in [0.717, 1.165) is 23.1 Å². The highest BCUT2D eigenvalue weighted by Crippen LogP contribution is 2.31. The van der Waals surface area contributed by atoms with Gasteiger partial charge in [-0.25, -0.2) is 9.78 Å². The van der Waals surface area contributed by atoms with E-state index in [1.807, 2.05) is 55.5 Å². The van der Waals surface area contributed by atoms with Crippen molar-refractivity contribution in [2.75, 3.05) is 0 Å². The fraction of sp³-hybridized carbons (Fsp3) is 0.136. The molecule has 4 aromatic rings. The van der Waals surface area contributed by atoms with Crippen molar-refractivity contribution in [2.45, 2.75) is 20.3 Å². The highest BCUT2D eigenvalue weighted by molar-refractivity contribution is 6.08. The number of carboxylic acid groups (broad SMARTS) is 1. The summed E-state index contributed by atoms with van der Waals surface area (Å²) in [6.07, 6.45) is 0.951. The van der Waals surface area contributed by atoms with Crippen molar-refractivity contribution in [2.24, 2.45) is 0 Å². The van der Waals surface area contributed by atoms with Crippen LogP contribution in [0.4, 0.5) is 0 Å². The third-order valence-corrected chi connectivity index (χ3v) is 4.75. The van der Waals surface area contributed by atoms with Gasteiger partial charge in [-0.05, 0) is 25.0 Å². The molecule has 2 aromatic heterocycles. The molecule has 5 heteroatoms. The van der Waals surface area contributed by atoms with Gasteiger partial charge in [0.25, 0.3) is 0 Å². The maximum Gasteiger partial charge on any atom is 0.336 e. The summed E-state index contributed by atoms with van der Waals surface area (Å²) in [6.45, 7) is 4.10. The average molecular weight is 357 g/mol. The number of H-pyrrole nitrogens is 1. The number of nitrogens with zero attached hydrogens (tertiary/aromatic N) is 2. The maximum atomic E-state index is 12.0. The number of fused-ring (bicyclic) bond motifs is 1. The largest absolute Gasteiger partial charge is 0.478 e. The summed E-state index contributed by atoms with van der Waals surface area (Å²) < 4.78 is 0. The fourth-order valence-electron chi connectivity index (χ4n) is 3.18. The Kier molecular flexibility index (Phi) is 4.20. The van der Waals surface area contributed by atoms with E-state index in [0.29, 0.717) is 22.4 Å². The fourth-order valence-corrected chi connectivity index (χ4v) is 3.18. The zero-order valence-electron chi connectivity index (χ0n) is 15.2. The molecule has 2 heterocycles. The van der Waals surface area contributed by atoms with Gasteiger partial charge in [0, 0.05) is 11.1 Å². The van der Waals surface area contributed by atoms with E-state index in [1.54, 1.807) is 6.07 Å². The van der Waals surface area contributed by atoms with Gasteiger partial charge in [-0.3, -0.25) is 5.10 Å². The van der Waals surface area contributed by atoms with Crippen molar-refractivity contribution in [3.8, 4) is 22.5 Å². The molecule has 0 unspecified atom stereocenters. The minimum atomic E-state index is -0.997. The third-order valence-electron chi connectivity index (χ3n) is 4.75. The van der Waals surface area contributed by atoms with E-state index in [1.165, 1.54) is 5.56 Å². The Hall–Kier alpha value is -3.47. The summed E-state index contributed by atoms with van der Waals surface area (Å²) in [5.74, 6) is -0.997. The van der Waals surface area contributed by atoms with Crippen LogP contribution in [0, 0.1) is 6.92 Å². The van der Waals surface area contributed by atoms with Gasteiger partial charge < -0.3 is 5.11 Å². The normalized spacial score (nSPS) is 11.0. The summed E-state index contributed by atoms with van der Waals surface area (Å²) in [5, 5.41) is 17.6. The molecule has 27 heavy (non-hydrogen) atoms. The number of pyridine rings is 1. The standard InChI is InChI=1S/C22H19N3O2/c1-3-14-6-10-15(11-7-14)18-12-17(22(26)27)19-20(24-25-21(19)23-18)16-8-4-13(2)5-9-16/h4-12H,3H2,1-2H3,(H,26,27)(H,23,24,25). The molecule has 5 nitrogen and oxygen atoms in total. The number of hydrogen-bond donors (Lipinski definition) is 2. The summed E-state index contributed by atoms with van der Waals surface area (Å²) in [4.78, 5) is 16.6. The van der Waals surface area contributed by atoms with Gasteiger partial charge >= 0.3 is 5.97 Å². The van der Waals surface area contributed by atoms with E-state index < -0.39 is 5.97 Å². The monoisotopic (exact) mass is 357 g/mol. The predicted octanol–water partition coefficient (Wildman–Crippen LogP) is 4.86. The molecule has 134 valence electrons. The van der Waals surface area contributed by atoms with Gasteiger partial charge in [0.1, 0.15) is 0 Å². The van der Waals surface area contributed by atoms with Gasteiger partial charge in [-0.2, -0.15) is 5.10 Å². The summed E-state index contributed by atoms with van der Waals surface area (Å²) in [7, 11) is 0. The number of benzene rings is 2. The van der Waals surface area contributed by atoms with Gasteiger partial charge in [0.15, 0.2) is 5.65 Å². The molecule has 0 aliphatic heterocycles. The van der Waals surface area contributed by atoms with Crippen LogP contribution in [0.15, 0.2) is 54.6 Å². The van der Waals surface area contributed by atoms with Crippen molar-refractivity contribution >= 4 is 17.0 Å². The Morgan fingerprint density at radius 1 is 1.04 bits per heavy atom. The van der Waals surface area contributed by atoms with Crippen molar-refractivity contribution in [1.29, 1.82) is 0 Å². The first-order valence-electron chi connectivity index (χ1n) is 8.85. The first kappa shape index (κ1) is 17.0. The van der Waals surface area contributed by atoms with Crippen LogP contribution in [0.3, 0.4) is 0 Å². The van der Waals surface area contributed by atoms with Crippen molar-refractivity contribution in [1.82, 2.24) is 15.2 Å². The molecular formula is C22H19N3O2. The van der Waals surface area contributed by atoms with E-state index in [-0.39, 0.29) is 5.56 Å². The lowest BCUT2D eigenvalue weighted by Crippen LogP contribution is -2.00. The van der Waals surface area contributed by atoms with E-state index in [4.69, 9.17) is 0 Å². The average Bonchev–Trinajstić information content (AvgIpc) is 3.12. The number of carbonyl (C=O) groups is 1. The molecule has 0 aliphatic rings. The maximum absolute atomic E-state index is 12.0. The third kappa shape index (κ3) is 3.08. The van der Waals surface area contributed by atoms with Gasteiger partial charge in [-0.1, -0.05) is 61.0 Å². The van der Waals surface area contributed by atoms with Gasteiger partial charge in [0.2, 0.25) is 0 Å². The SMILES string of the molecule is CCc1ccc(-c2cc(C(=O)O)c3c(-c4ccc(C)cc4)[nH]nc3n2)cc1. The molecule has 0 radical (unpaired) electrons. The zero-order chi connectivity index (χ0) is 19.0. The van der Waals surface area contributed by atoms with Crippen LogP contribution >= 0.6 is 0 Å². The number of aromatic nitrogens is 3. The van der Waals surface area contributed by atoms with Crippen LogP contribution in [-0.4, -0.2) is 26.3 Å². The van der Waals surface area contributed by atoms with Crippen LogP contribution in [0.1, 0.15) is 28.4 Å². The number of carboxylic acids is 1. The number of nitrogens with one attached hydrogen (secondary N) is 1. The Bertz CT molecular complexity index is 1130. The molecule has 2 aromatic carbocycles. The molecule has 4 rings (SSSR count). The summed E-state index contributed by atoms with van der Waals surface area (Å²) in [5.41, 5.74) is 5.98. The molecule has 0 aliphatic carbocycles. The van der Waals surface area contributed by atoms with Gasteiger partial charge in [0.05, 0.1) is 22.3 Å². The molecule has 0 bridgehead atoms. The molecule has 2 N–H and O–H groups in total. The topological polar surface area (TPSA) is 78.9 Å². The first-order valence-corrected chi connectivity index (χ1v) is 8.85. The van der Waals surface area contributed by atoms with Crippen LogP contribution in [0.2, 0.25) is 0 Å². The highest BCUT2D eigenvalue weighted by Gasteiger charge is 2.19. The molecular weight excluding hydrogens is 338 g/mol. The lowest BCUT2D eigenvalue weighted by atomic mass is 10.0. The Morgan fingerprint density at radius 3 is 2.33 bits per heavy atom. The minimum absolute atomic E-state index is 0.193. The second kappa shape index (κ2) is 6.68. The van der Waals surface area contributed by atoms with Crippen LogP contribution < -0.4 is 0 Å². The Morgan fingerprint density at radius 2 is 1.70 bits per heavy atom. The minimum Gasteiger partial charge on any atom is -0.478 e. The zero-order valence-corrected chi connectivity index (χ0v) is 15.2. The smallest absolute Gasteiger partial charge is 0.336 e. The van der Waals surface area contributed by atoms with E-state index in [9.17, 15) is 9.90 Å². The second-order valence-electron chi connectivity index (χ2n) is 6.57. The van der Waals surface area contributed by atoms with Crippen LogP contribution in [-0.2, 0) is 6.42 Å². The quantitative estimate of drug-likeness (QED) is 0.547. The number of hydrogen-bond acceptors (Lipinski definition) is 3. The number of aryl methyl sites for hydroxylation is 2. The predicted molar refractivity (Wildman–Crippen MR) is 106 cm³/mol. The first-order chi connectivity index (χ1) is 13.1. The van der Waals surface area contributed by atoms with Crippen LogP contribution in [0.25, 0.3) is 33.5 Å². The summed E-state index contributed by atoms with van der Waals surface area (Å²) in [6, 6.07) is 17.5. The Labute approximate surface area is 156 Å². The Balaban J connectivity index is 1.90. The number of rotatable bonds is 4.